The van der Waals surface area contributed by atoms with E-state index in [-0.39, 0.29) is 30.1 Å². The van der Waals surface area contributed by atoms with Gasteiger partial charge in [0.1, 0.15) is 5.75 Å². The average molecular weight is 360 g/mol. The molecule has 0 spiro atoms. The van der Waals surface area contributed by atoms with Gasteiger partial charge in [-0.05, 0) is 50.6 Å². The summed E-state index contributed by atoms with van der Waals surface area (Å²) >= 11 is 0. The predicted octanol–water partition coefficient (Wildman–Crippen LogP) is 0.419. The zero-order valence-corrected chi connectivity index (χ0v) is 14.8. The number of rotatable bonds is 5. The van der Waals surface area contributed by atoms with E-state index >= 15 is 0 Å². The molecular weight excluding hydrogens is 336 g/mol. The van der Waals surface area contributed by atoms with E-state index in [9.17, 15) is 14.4 Å². The first-order valence-electron chi connectivity index (χ1n) is 8.89. The third kappa shape index (κ3) is 3.56. The fourth-order valence-corrected chi connectivity index (χ4v) is 3.65. The third-order valence-corrected chi connectivity index (χ3v) is 4.94. The number of hydrogen-bond acceptors (Lipinski definition) is 6. The molecule has 0 radical (unpaired) electrons. The summed E-state index contributed by atoms with van der Waals surface area (Å²) in [5.74, 6) is 4.97. The third-order valence-electron chi connectivity index (χ3n) is 4.94. The highest BCUT2D eigenvalue weighted by Crippen LogP contribution is 2.29. The van der Waals surface area contributed by atoms with Gasteiger partial charge in [0.2, 0.25) is 11.8 Å². The molecule has 0 aliphatic carbocycles. The molecule has 2 aliphatic heterocycles. The van der Waals surface area contributed by atoms with Crippen LogP contribution in [0, 0.1) is 5.92 Å². The Morgan fingerprint density at radius 1 is 1.31 bits per heavy atom. The number of piperidine rings is 1. The molecule has 1 aromatic rings. The molecule has 1 aromatic carbocycles. The molecule has 0 unspecified atom stereocenters. The number of ether oxygens (including phenoxy) is 1. The van der Waals surface area contributed by atoms with Gasteiger partial charge in [-0.2, -0.15) is 0 Å². The average Bonchev–Trinajstić information content (AvgIpc) is 2.96. The van der Waals surface area contributed by atoms with Crippen molar-refractivity contribution in [1.29, 1.82) is 0 Å². The van der Waals surface area contributed by atoms with E-state index in [4.69, 9.17) is 10.6 Å². The lowest BCUT2D eigenvalue weighted by Crippen LogP contribution is -2.50. The van der Waals surface area contributed by atoms with Gasteiger partial charge < -0.3 is 4.74 Å². The second kappa shape index (κ2) is 7.84. The molecule has 2 aliphatic rings. The highest BCUT2D eigenvalue weighted by molar-refractivity contribution is 6.22. The maximum absolute atomic E-state index is 12.9. The number of anilines is 1. The maximum atomic E-state index is 12.9. The first-order chi connectivity index (χ1) is 12.5. The molecule has 2 heterocycles. The van der Waals surface area contributed by atoms with E-state index in [1.807, 2.05) is 11.8 Å². The van der Waals surface area contributed by atoms with E-state index in [0.29, 0.717) is 31.1 Å². The van der Waals surface area contributed by atoms with Crippen molar-refractivity contribution in [3.63, 3.8) is 0 Å². The summed E-state index contributed by atoms with van der Waals surface area (Å²) in [6.45, 7) is 3.57. The minimum atomic E-state index is -0.526. The lowest BCUT2D eigenvalue weighted by atomic mass is 9.95. The molecule has 3 amide bonds. The molecule has 3 N–H and O–H groups in total. The highest BCUT2D eigenvalue weighted by atomic mass is 16.5. The normalized spacial score (nSPS) is 24.0. The van der Waals surface area contributed by atoms with Gasteiger partial charge in [-0.3, -0.25) is 24.7 Å². The number of nitrogens with one attached hydrogen (secondary N) is 1. The molecule has 140 valence electrons. The van der Waals surface area contributed by atoms with Crippen molar-refractivity contribution in [2.45, 2.75) is 32.2 Å². The van der Waals surface area contributed by atoms with Crippen LogP contribution in [0.2, 0.25) is 0 Å². The quantitative estimate of drug-likeness (QED) is 0.341. The fraction of sp³-hybridized carbons (Fsp3) is 0.500. The summed E-state index contributed by atoms with van der Waals surface area (Å²) in [6, 6.07) is 6.39. The van der Waals surface area contributed by atoms with Gasteiger partial charge in [0.05, 0.1) is 30.7 Å². The van der Waals surface area contributed by atoms with Gasteiger partial charge in [-0.1, -0.05) is 0 Å². The molecule has 26 heavy (non-hydrogen) atoms. The van der Waals surface area contributed by atoms with Gasteiger partial charge >= 0.3 is 0 Å². The number of carbonyl (C=O) groups is 3. The number of hydrazine groups is 1. The summed E-state index contributed by atoms with van der Waals surface area (Å²) in [5.41, 5.74) is 2.72. The molecule has 2 fully saturated rings. The Morgan fingerprint density at radius 3 is 2.69 bits per heavy atom. The summed E-state index contributed by atoms with van der Waals surface area (Å²) in [6.07, 6.45) is 1.65. The van der Waals surface area contributed by atoms with Gasteiger partial charge in [0.25, 0.3) is 5.91 Å². The lowest BCUT2D eigenvalue weighted by molar-refractivity contribution is -0.129. The highest BCUT2D eigenvalue weighted by Gasteiger charge is 2.44. The molecule has 0 aromatic heterocycles. The first kappa shape index (κ1) is 18.3. The Bertz CT molecular complexity index is 691. The molecule has 0 saturated carbocycles. The second-order valence-electron chi connectivity index (χ2n) is 6.56. The van der Waals surface area contributed by atoms with Crippen molar-refractivity contribution in [3.8, 4) is 5.75 Å². The van der Waals surface area contributed by atoms with Crippen LogP contribution in [0.15, 0.2) is 24.3 Å². The number of hydrogen-bond donors (Lipinski definition) is 2. The van der Waals surface area contributed by atoms with E-state index in [1.165, 1.54) is 4.90 Å². The number of likely N-dealkylation sites (tertiary alicyclic amines) is 1. The Labute approximate surface area is 152 Å². The number of amides is 3. The van der Waals surface area contributed by atoms with E-state index in [0.717, 1.165) is 12.8 Å². The second-order valence-corrected chi connectivity index (χ2v) is 6.56. The predicted molar refractivity (Wildman–Crippen MR) is 95.1 cm³/mol. The van der Waals surface area contributed by atoms with Gasteiger partial charge in [0.15, 0.2) is 0 Å². The molecule has 3 rings (SSSR count). The molecule has 2 atom stereocenters. The molecule has 8 nitrogen and oxygen atoms in total. The van der Waals surface area contributed by atoms with E-state index in [2.05, 4.69) is 5.43 Å². The van der Waals surface area contributed by atoms with Crippen molar-refractivity contribution in [2.75, 3.05) is 24.6 Å². The topological polar surface area (TPSA) is 105 Å². The minimum absolute atomic E-state index is 0.128. The van der Waals surface area contributed by atoms with Crippen LogP contribution in [0.3, 0.4) is 0 Å². The SMILES string of the molecule is CCOc1ccc(N2C(=O)C[C@@H](N3CCC[C@@H](C(=O)NN)C3)C2=O)cc1. The number of imide groups is 1. The fourth-order valence-electron chi connectivity index (χ4n) is 3.65. The Hall–Kier alpha value is -2.45. The zero-order chi connectivity index (χ0) is 18.7. The van der Waals surface area contributed by atoms with Gasteiger partial charge in [0, 0.05) is 6.54 Å². The molecule has 8 heteroatoms. The van der Waals surface area contributed by atoms with Crippen LogP contribution in [0.5, 0.6) is 5.75 Å². The summed E-state index contributed by atoms with van der Waals surface area (Å²) in [5, 5.41) is 0. The number of benzene rings is 1. The van der Waals surface area contributed by atoms with Gasteiger partial charge in [-0.25, -0.2) is 10.7 Å². The van der Waals surface area contributed by atoms with Crippen molar-refractivity contribution in [1.82, 2.24) is 10.3 Å². The summed E-state index contributed by atoms with van der Waals surface area (Å²) < 4.78 is 5.39. The standard InChI is InChI=1S/C18H24N4O4/c1-2-26-14-7-5-13(6-8-14)22-16(23)10-15(18(22)25)21-9-3-4-12(11-21)17(24)20-19/h5-8,12,15H,2-4,9-11,19H2,1H3,(H,20,24)/t12-,15-/m1/s1. The van der Waals surface area contributed by atoms with Crippen LogP contribution in [0.4, 0.5) is 5.69 Å². The van der Waals surface area contributed by atoms with Crippen LogP contribution >= 0.6 is 0 Å². The Kier molecular flexibility index (Phi) is 5.53. The summed E-state index contributed by atoms with van der Waals surface area (Å²) in [4.78, 5) is 40.3. The zero-order valence-electron chi connectivity index (χ0n) is 14.8. The minimum Gasteiger partial charge on any atom is -0.494 e. The van der Waals surface area contributed by atoms with Crippen molar-refractivity contribution >= 4 is 23.4 Å². The molecule has 0 bridgehead atoms. The van der Waals surface area contributed by atoms with Crippen LogP contribution < -0.4 is 20.9 Å². The first-order valence-corrected chi connectivity index (χ1v) is 8.89. The maximum Gasteiger partial charge on any atom is 0.251 e. The van der Waals surface area contributed by atoms with Crippen molar-refractivity contribution < 1.29 is 19.1 Å². The van der Waals surface area contributed by atoms with E-state index < -0.39 is 6.04 Å². The smallest absolute Gasteiger partial charge is 0.251 e. The van der Waals surface area contributed by atoms with Crippen molar-refractivity contribution in [3.05, 3.63) is 24.3 Å². The largest absolute Gasteiger partial charge is 0.494 e. The van der Waals surface area contributed by atoms with Crippen LogP contribution in [0.25, 0.3) is 0 Å². The number of nitrogens with two attached hydrogens (primary N) is 1. The summed E-state index contributed by atoms with van der Waals surface area (Å²) in [7, 11) is 0. The monoisotopic (exact) mass is 360 g/mol. The van der Waals surface area contributed by atoms with Crippen LogP contribution in [-0.2, 0) is 14.4 Å². The number of nitrogens with zero attached hydrogens (tertiary/aromatic N) is 2. The molecular formula is C18H24N4O4. The van der Waals surface area contributed by atoms with Crippen molar-refractivity contribution in [2.24, 2.45) is 11.8 Å². The van der Waals surface area contributed by atoms with E-state index in [1.54, 1.807) is 24.3 Å². The number of carbonyl (C=O) groups excluding carboxylic acids is 3. The Morgan fingerprint density at radius 2 is 2.04 bits per heavy atom. The van der Waals surface area contributed by atoms with Crippen LogP contribution in [0.1, 0.15) is 26.2 Å². The Balaban J connectivity index is 1.73. The van der Waals surface area contributed by atoms with Crippen LogP contribution in [-0.4, -0.2) is 48.4 Å². The molecule has 2 saturated heterocycles. The lowest BCUT2D eigenvalue weighted by Gasteiger charge is -2.34. The van der Waals surface area contributed by atoms with Gasteiger partial charge in [-0.15, -0.1) is 0 Å².